The van der Waals surface area contributed by atoms with Crippen LogP contribution in [0.4, 0.5) is 13.2 Å². The molecule has 0 spiro atoms. The van der Waals surface area contributed by atoms with Gasteiger partial charge in [0.1, 0.15) is 17.1 Å². The number of esters is 1. The summed E-state index contributed by atoms with van der Waals surface area (Å²) in [7, 11) is 0. The van der Waals surface area contributed by atoms with Gasteiger partial charge < -0.3 is 13.9 Å². The van der Waals surface area contributed by atoms with Crippen molar-refractivity contribution < 1.29 is 31.9 Å². The van der Waals surface area contributed by atoms with E-state index in [1.165, 1.54) is 30.3 Å². The Balaban J connectivity index is 1.85. The first kappa shape index (κ1) is 34.5. The van der Waals surface area contributed by atoms with Gasteiger partial charge in [-0.15, -0.1) is 0 Å². The number of halogens is 3. The molecule has 0 radical (unpaired) electrons. The first-order valence-corrected chi connectivity index (χ1v) is 15.5. The Labute approximate surface area is 267 Å². The quantitative estimate of drug-likeness (QED) is 0.0829. The fourth-order valence-electron chi connectivity index (χ4n) is 5.27. The van der Waals surface area contributed by atoms with Crippen LogP contribution in [0.25, 0.3) is 17.0 Å². The van der Waals surface area contributed by atoms with Gasteiger partial charge in [-0.1, -0.05) is 83.5 Å². The molecule has 3 aromatic carbocycles. The molecule has 0 fully saturated rings. The van der Waals surface area contributed by atoms with Crippen LogP contribution in [0.3, 0.4) is 0 Å². The predicted octanol–water partition coefficient (Wildman–Crippen LogP) is 9.29. The van der Waals surface area contributed by atoms with Gasteiger partial charge in [0.05, 0.1) is 10.9 Å². The van der Waals surface area contributed by atoms with Crippen molar-refractivity contribution in [1.82, 2.24) is 4.90 Å². The minimum absolute atomic E-state index is 0.00387. The van der Waals surface area contributed by atoms with Gasteiger partial charge in [0, 0.05) is 25.7 Å². The topological polar surface area (TPSA) is 69.0 Å². The molecular weight excluding hydrogens is 595 g/mol. The monoisotopic (exact) mass is 635 g/mol. The molecule has 244 valence electrons. The highest BCUT2D eigenvalue weighted by Crippen LogP contribution is 2.40. The number of ether oxygens (including phenoxy) is 2. The highest BCUT2D eigenvalue weighted by molar-refractivity contribution is 5.90. The highest BCUT2D eigenvalue weighted by atomic mass is 19.4. The van der Waals surface area contributed by atoms with Gasteiger partial charge in [-0.3, -0.25) is 9.69 Å². The Morgan fingerprint density at radius 1 is 0.935 bits per heavy atom. The second-order valence-electron chi connectivity index (χ2n) is 12.1. The van der Waals surface area contributed by atoms with Crippen LogP contribution in [-0.4, -0.2) is 24.0 Å². The van der Waals surface area contributed by atoms with E-state index in [0.717, 1.165) is 24.0 Å². The molecule has 0 atom stereocenters. The van der Waals surface area contributed by atoms with E-state index in [4.69, 9.17) is 13.9 Å². The van der Waals surface area contributed by atoms with E-state index in [1.54, 1.807) is 18.2 Å². The van der Waals surface area contributed by atoms with Crippen molar-refractivity contribution in [3.8, 4) is 17.2 Å². The maximum Gasteiger partial charge on any atom is 0.453 e. The average Bonchev–Trinajstić information content (AvgIpc) is 2.99. The second kappa shape index (κ2) is 15.3. The normalized spacial score (nSPS) is 12.2. The van der Waals surface area contributed by atoms with Crippen molar-refractivity contribution in [2.75, 3.05) is 13.1 Å². The Morgan fingerprint density at radius 2 is 1.59 bits per heavy atom. The van der Waals surface area contributed by atoms with Gasteiger partial charge in [-0.25, -0.2) is 4.79 Å². The fourth-order valence-corrected chi connectivity index (χ4v) is 5.27. The zero-order valence-electron chi connectivity index (χ0n) is 26.8. The van der Waals surface area contributed by atoms with Gasteiger partial charge >= 0.3 is 12.1 Å². The molecular formula is C37H40F3NO5. The van der Waals surface area contributed by atoms with Gasteiger partial charge in [0.2, 0.25) is 11.2 Å². The van der Waals surface area contributed by atoms with E-state index in [2.05, 4.69) is 4.90 Å². The molecule has 0 amide bonds. The molecule has 0 saturated heterocycles. The first-order valence-electron chi connectivity index (χ1n) is 15.5. The van der Waals surface area contributed by atoms with Crippen LogP contribution < -0.4 is 14.9 Å². The van der Waals surface area contributed by atoms with Gasteiger partial charge in [0.25, 0.3) is 5.76 Å². The number of alkyl halides is 3. The third-order valence-corrected chi connectivity index (χ3v) is 7.07. The van der Waals surface area contributed by atoms with Gasteiger partial charge in [-0.05, 0) is 59.7 Å². The summed E-state index contributed by atoms with van der Waals surface area (Å²) in [5, 5.41) is -0.116. The Bertz CT molecular complexity index is 1700. The summed E-state index contributed by atoms with van der Waals surface area (Å²) in [5.41, 5.74) is 0.644. The summed E-state index contributed by atoms with van der Waals surface area (Å²) < 4.78 is 60.4. The molecule has 46 heavy (non-hydrogen) atoms. The summed E-state index contributed by atoms with van der Waals surface area (Å²) in [5.74, 6) is -2.70. The molecule has 6 nitrogen and oxygen atoms in total. The molecule has 0 unspecified atom stereocenters. The molecule has 1 heterocycles. The van der Waals surface area contributed by atoms with Crippen molar-refractivity contribution in [2.45, 2.75) is 60.2 Å². The van der Waals surface area contributed by atoms with Crippen molar-refractivity contribution in [3.63, 3.8) is 0 Å². The molecule has 4 rings (SSSR count). The highest BCUT2D eigenvalue weighted by Gasteiger charge is 2.41. The largest absolute Gasteiger partial charge is 0.453 e. The smallest absolute Gasteiger partial charge is 0.449 e. The standard InChI is InChI=1S/C37H40F3NO5/c1-6-10-26-13-16-28(17-14-26)44-35-33(43)29-18-19-31(45-32(42)20-15-27-11-8-7-9-12-27)30(34(29)46-36(35)37(38,39)40)23-41(21-24(2)3)22-25(4)5/h7-9,11-20,24-25H,6,10,21-23H2,1-5H3/b20-15+. The van der Waals surface area contributed by atoms with Crippen molar-refractivity contribution in [2.24, 2.45) is 11.8 Å². The van der Waals surface area contributed by atoms with Crippen LogP contribution >= 0.6 is 0 Å². The van der Waals surface area contributed by atoms with Crippen molar-refractivity contribution in [1.29, 1.82) is 0 Å². The fraction of sp³-hybridized carbons (Fsp3) is 0.351. The summed E-state index contributed by atoms with van der Waals surface area (Å²) in [6.45, 7) is 11.5. The van der Waals surface area contributed by atoms with Crippen LogP contribution in [0, 0.1) is 11.8 Å². The minimum atomic E-state index is -5.05. The summed E-state index contributed by atoms with van der Waals surface area (Å²) in [6, 6.07) is 18.4. The number of hydrogen-bond donors (Lipinski definition) is 0. The van der Waals surface area contributed by atoms with Crippen LogP contribution in [-0.2, 0) is 23.9 Å². The van der Waals surface area contributed by atoms with E-state index in [-0.39, 0.29) is 46.4 Å². The lowest BCUT2D eigenvalue weighted by Crippen LogP contribution is -2.31. The van der Waals surface area contributed by atoms with Crippen molar-refractivity contribution in [3.05, 3.63) is 105 Å². The lowest BCUT2D eigenvalue weighted by atomic mass is 10.1. The summed E-state index contributed by atoms with van der Waals surface area (Å²) in [4.78, 5) is 28.7. The van der Waals surface area contributed by atoms with Gasteiger partial charge in [0.15, 0.2) is 0 Å². The maximum atomic E-state index is 14.5. The Morgan fingerprint density at radius 3 is 2.17 bits per heavy atom. The molecule has 0 aliphatic rings. The zero-order chi connectivity index (χ0) is 33.4. The summed E-state index contributed by atoms with van der Waals surface area (Å²) in [6.07, 6.45) is -0.533. The first-order chi connectivity index (χ1) is 21.8. The molecule has 0 bridgehead atoms. The number of carbonyl (C=O) groups excluding carboxylic acids is 1. The third-order valence-electron chi connectivity index (χ3n) is 7.07. The molecule has 0 N–H and O–H groups in total. The maximum absolute atomic E-state index is 14.5. The molecule has 9 heteroatoms. The molecule has 0 saturated carbocycles. The number of aryl methyl sites for hydroxylation is 1. The lowest BCUT2D eigenvalue weighted by Gasteiger charge is -2.27. The second-order valence-corrected chi connectivity index (χ2v) is 12.1. The molecule has 0 aliphatic carbocycles. The number of rotatable bonds is 13. The van der Waals surface area contributed by atoms with E-state index in [1.807, 2.05) is 65.0 Å². The van der Waals surface area contributed by atoms with E-state index in [0.29, 0.717) is 13.1 Å². The average molecular weight is 636 g/mol. The zero-order valence-corrected chi connectivity index (χ0v) is 26.8. The lowest BCUT2D eigenvalue weighted by molar-refractivity contribution is -0.154. The summed E-state index contributed by atoms with van der Waals surface area (Å²) >= 11 is 0. The van der Waals surface area contributed by atoms with E-state index >= 15 is 0 Å². The number of carbonyl (C=O) groups is 1. The number of fused-ring (bicyclic) bond motifs is 1. The SMILES string of the molecule is CCCc1ccc(Oc2c(C(F)(F)F)oc3c(CN(CC(C)C)CC(C)C)c(OC(=O)/C=C/c4ccccc4)ccc3c2=O)cc1. The van der Waals surface area contributed by atoms with Crippen LogP contribution in [0.5, 0.6) is 17.2 Å². The number of nitrogens with zero attached hydrogens (tertiary/aromatic N) is 1. The predicted molar refractivity (Wildman–Crippen MR) is 174 cm³/mol. The number of benzene rings is 3. The van der Waals surface area contributed by atoms with Crippen molar-refractivity contribution >= 4 is 23.0 Å². The molecule has 4 aromatic rings. The van der Waals surface area contributed by atoms with Crippen LogP contribution in [0.1, 0.15) is 63.5 Å². The molecule has 1 aromatic heterocycles. The van der Waals surface area contributed by atoms with E-state index < -0.39 is 29.1 Å². The van der Waals surface area contributed by atoms with E-state index in [9.17, 15) is 22.8 Å². The minimum Gasteiger partial charge on any atom is -0.449 e. The van der Waals surface area contributed by atoms with Gasteiger partial charge in [-0.2, -0.15) is 13.2 Å². The number of hydrogen-bond acceptors (Lipinski definition) is 6. The van der Waals surface area contributed by atoms with Crippen LogP contribution in [0.15, 0.2) is 82.0 Å². The molecule has 0 aliphatic heterocycles. The Hall–Kier alpha value is -4.37. The third kappa shape index (κ3) is 9.10. The Kier molecular flexibility index (Phi) is 11.5. The van der Waals surface area contributed by atoms with Crippen LogP contribution in [0.2, 0.25) is 0 Å².